The number of rotatable bonds is 10. The summed E-state index contributed by atoms with van der Waals surface area (Å²) in [5, 5.41) is 6.80. The van der Waals surface area contributed by atoms with Gasteiger partial charge in [0.05, 0.1) is 19.4 Å². The third-order valence-electron chi connectivity index (χ3n) is 4.94. The lowest BCUT2D eigenvalue weighted by molar-refractivity contribution is 0.215. The van der Waals surface area contributed by atoms with Gasteiger partial charge >= 0.3 is 0 Å². The van der Waals surface area contributed by atoms with Gasteiger partial charge in [0.15, 0.2) is 5.96 Å². The Labute approximate surface area is 204 Å². The average molecular weight is 569 g/mol. The minimum absolute atomic E-state index is 0. The molecule has 1 aliphatic rings. The molecule has 1 aromatic carbocycles. The van der Waals surface area contributed by atoms with Crippen molar-refractivity contribution in [3.63, 3.8) is 0 Å². The van der Waals surface area contributed by atoms with Gasteiger partial charge in [-0.3, -0.25) is 0 Å². The molecule has 1 aliphatic heterocycles. The summed E-state index contributed by atoms with van der Waals surface area (Å²) in [6.07, 6.45) is 3.14. The fourth-order valence-corrected chi connectivity index (χ4v) is 3.86. The zero-order valence-electron chi connectivity index (χ0n) is 19.0. The van der Waals surface area contributed by atoms with Crippen LogP contribution in [0.25, 0.3) is 0 Å². The summed E-state index contributed by atoms with van der Waals surface area (Å²) >= 11 is 0. The lowest BCUT2D eigenvalue weighted by Gasteiger charge is -2.33. The zero-order chi connectivity index (χ0) is 22.0. The Balaban J connectivity index is 0.00000480. The molecule has 0 aromatic heterocycles. The molecule has 0 aliphatic carbocycles. The lowest BCUT2D eigenvalue weighted by Crippen LogP contribution is -2.49. The van der Waals surface area contributed by atoms with Gasteiger partial charge in [-0.25, -0.2) is 13.4 Å². The molecule has 8 nitrogen and oxygen atoms in total. The number of hydrogen-bond donors (Lipinski definition) is 2. The van der Waals surface area contributed by atoms with Crippen molar-refractivity contribution in [3.05, 3.63) is 24.3 Å². The van der Waals surface area contributed by atoms with Gasteiger partial charge in [-0.1, -0.05) is 6.07 Å². The second-order valence-corrected chi connectivity index (χ2v) is 9.98. The summed E-state index contributed by atoms with van der Waals surface area (Å²) in [5.74, 6) is 2.53. The molecule has 0 spiro atoms. The number of methoxy groups -OCH3 is 1. The molecule has 1 saturated heterocycles. The average Bonchev–Trinajstić information content (AvgIpc) is 2.71. The van der Waals surface area contributed by atoms with Gasteiger partial charge in [-0.2, -0.15) is 0 Å². The molecule has 0 saturated carbocycles. The second kappa shape index (κ2) is 14.0. The van der Waals surface area contributed by atoms with E-state index in [2.05, 4.69) is 20.5 Å². The number of ether oxygens (including phenoxy) is 2. The quantitative estimate of drug-likeness (QED) is 0.254. The Morgan fingerprint density at radius 1 is 1.29 bits per heavy atom. The van der Waals surface area contributed by atoms with E-state index in [1.165, 1.54) is 6.26 Å². The molecule has 0 bridgehead atoms. The van der Waals surface area contributed by atoms with Crippen LogP contribution in [0.2, 0.25) is 0 Å². The predicted molar refractivity (Wildman–Crippen MR) is 137 cm³/mol. The van der Waals surface area contributed by atoms with Crippen LogP contribution in [0.1, 0.15) is 26.7 Å². The first-order valence-electron chi connectivity index (χ1n) is 10.5. The molecule has 0 amide bonds. The molecule has 0 radical (unpaired) electrons. The minimum Gasteiger partial charge on any atom is -0.497 e. The summed E-state index contributed by atoms with van der Waals surface area (Å²) in [7, 11) is -1.27. The molecule has 31 heavy (non-hydrogen) atoms. The summed E-state index contributed by atoms with van der Waals surface area (Å²) in [6, 6.07) is 7.88. The van der Waals surface area contributed by atoms with Crippen molar-refractivity contribution < 1.29 is 17.9 Å². The number of halogens is 1. The van der Waals surface area contributed by atoms with Crippen LogP contribution in [0.5, 0.6) is 11.5 Å². The second-order valence-electron chi connectivity index (χ2n) is 7.72. The number of nitrogens with zero attached hydrogens (tertiary/aromatic N) is 2. The highest BCUT2D eigenvalue weighted by atomic mass is 127. The third-order valence-corrected chi connectivity index (χ3v) is 5.86. The normalized spacial score (nSPS) is 16.8. The van der Waals surface area contributed by atoms with E-state index in [-0.39, 0.29) is 35.8 Å². The number of benzene rings is 1. The molecule has 1 fully saturated rings. The van der Waals surface area contributed by atoms with Gasteiger partial charge < -0.3 is 25.0 Å². The van der Waals surface area contributed by atoms with Gasteiger partial charge in [-0.15, -0.1) is 24.0 Å². The smallest absolute Gasteiger partial charge is 0.191 e. The van der Waals surface area contributed by atoms with Crippen LogP contribution in [0, 0.1) is 0 Å². The van der Waals surface area contributed by atoms with E-state index in [0.717, 1.165) is 49.9 Å². The number of likely N-dealkylation sites (tertiary alicyclic amines) is 1. The monoisotopic (exact) mass is 568 g/mol. The zero-order valence-corrected chi connectivity index (χ0v) is 22.1. The van der Waals surface area contributed by atoms with Gasteiger partial charge in [0, 0.05) is 44.5 Å². The van der Waals surface area contributed by atoms with E-state index >= 15 is 0 Å². The molecule has 1 aromatic rings. The van der Waals surface area contributed by atoms with E-state index in [0.29, 0.717) is 19.1 Å². The van der Waals surface area contributed by atoms with Crippen molar-refractivity contribution in [2.75, 3.05) is 51.8 Å². The Morgan fingerprint density at radius 3 is 2.58 bits per heavy atom. The van der Waals surface area contributed by atoms with E-state index in [1.54, 1.807) is 7.11 Å². The van der Waals surface area contributed by atoms with Crippen LogP contribution in [0.15, 0.2) is 29.3 Å². The minimum atomic E-state index is -2.91. The summed E-state index contributed by atoms with van der Waals surface area (Å²) in [6.45, 7) is 7.74. The van der Waals surface area contributed by atoms with Crippen molar-refractivity contribution >= 4 is 39.8 Å². The number of hydrogen-bond acceptors (Lipinski definition) is 6. The highest BCUT2D eigenvalue weighted by Crippen LogP contribution is 2.20. The van der Waals surface area contributed by atoms with Crippen LogP contribution >= 0.6 is 24.0 Å². The Bertz CT molecular complexity index is 783. The molecule has 1 unspecified atom stereocenters. The highest BCUT2D eigenvalue weighted by molar-refractivity contribution is 14.0. The maximum absolute atomic E-state index is 11.4. The Morgan fingerprint density at radius 2 is 1.97 bits per heavy atom. The van der Waals surface area contributed by atoms with Crippen molar-refractivity contribution in [1.29, 1.82) is 0 Å². The van der Waals surface area contributed by atoms with Gasteiger partial charge in [-0.05, 0) is 38.8 Å². The highest BCUT2D eigenvalue weighted by Gasteiger charge is 2.20. The van der Waals surface area contributed by atoms with Crippen LogP contribution in [-0.4, -0.2) is 83.3 Å². The molecule has 2 rings (SSSR count). The molecule has 1 heterocycles. The Hall–Kier alpha value is -1.27. The van der Waals surface area contributed by atoms with Gasteiger partial charge in [0.2, 0.25) is 0 Å². The van der Waals surface area contributed by atoms with Crippen molar-refractivity contribution in [2.45, 2.75) is 38.8 Å². The number of guanidine groups is 1. The number of sulfone groups is 1. The van der Waals surface area contributed by atoms with Crippen molar-refractivity contribution in [2.24, 2.45) is 4.99 Å². The SMILES string of the molecule is CCNC(=NCC(C)Oc1cccc(OC)c1)NC1CCN(CCS(C)(=O)=O)CC1.I. The molecular weight excluding hydrogens is 531 g/mol. The fourth-order valence-electron chi connectivity index (χ4n) is 3.27. The lowest BCUT2D eigenvalue weighted by atomic mass is 10.1. The maximum atomic E-state index is 11.4. The van der Waals surface area contributed by atoms with Gasteiger partial charge in [0.25, 0.3) is 0 Å². The molecule has 1 atom stereocenters. The van der Waals surface area contributed by atoms with E-state index in [9.17, 15) is 8.42 Å². The van der Waals surface area contributed by atoms with E-state index in [4.69, 9.17) is 9.47 Å². The number of nitrogens with one attached hydrogen (secondary N) is 2. The van der Waals surface area contributed by atoms with Crippen molar-refractivity contribution in [1.82, 2.24) is 15.5 Å². The number of aliphatic imine (C=N–C) groups is 1. The molecule has 10 heteroatoms. The van der Waals surface area contributed by atoms with E-state index in [1.807, 2.05) is 38.1 Å². The molecular formula is C21H37IN4O4S. The maximum Gasteiger partial charge on any atom is 0.191 e. The summed E-state index contributed by atoms with van der Waals surface area (Å²) in [4.78, 5) is 6.89. The largest absolute Gasteiger partial charge is 0.497 e. The first-order chi connectivity index (χ1) is 14.3. The Kier molecular flexibility index (Phi) is 12.5. The van der Waals surface area contributed by atoms with Crippen LogP contribution in [0.4, 0.5) is 0 Å². The molecule has 178 valence electrons. The number of piperidine rings is 1. The molecule has 2 N–H and O–H groups in total. The summed E-state index contributed by atoms with van der Waals surface area (Å²) < 4.78 is 33.9. The van der Waals surface area contributed by atoms with Crippen LogP contribution < -0.4 is 20.1 Å². The predicted octanol–water partition coefficient (Wildman–Crippen LogP) is 2.14. The third kappa shape index (κ3) is 11.2. The van der Waals surface area contributed by atoms with Crippen LogP contribution in [0.3, 0.4) is 0 Å². The van der Waals surface area contributed by atoms with Gasteiger partial charge in [0.1, 0.15) is 27.4 Å². The summed E-state index contributed by atoms with van der Waals surface area (Å²) in [5.41, 5.74) is 0. The first kappa shape index (κ1) is 27.8. The fraction of sp³-hybridized carbons (Fsp3) is 0.667. The topological polar surface area (TPSA) is 92.3 Å². The first-order valence-corrected chi connectivity index (χ1v) is 12.6. The van der Waals surface area contributed by atoms with Crippen LogP contribution in [-0.2, 0) is 9.84 Å². The van der Waals surface area contributed by atoms with Crippen molar-refractivity contribution in [3.8, 4) is 11.5 Å². The van der Waals surface area contributed by atoms with E-state index < -0.39 is 9.84 Å². The standard InChI is InChI=1S/C21H36N4O4S.HI/c1-5-22-21(23-16-17(2)29-20-8-6-7-19(15-20)28-3)24-18-9-11-25(12-10-18)13-14-30(4,26)27;/h6-8,15,17-18H,5,9-14,16H2,1-4H3,(H2,22,23,24);1H.